The Labute approximate surface area is 266 Å². The number of ketones is 1. The predicted molar refractivity (Wildman–Crippen MR) is 160 cm³/mol. The fourth-order valence-corrected chi connectivity index (χ4v) is 6.82. The number of hydrazine groups is 1. The number of benzene rings is 3. The maximum atomic E-state index is 14.0. The van der Waals surface area contributed by atoms with E-state index in [9.17, 15) is 19.2 Å². The number of halogens is 7. The lowest BCUT2D eigenvalue weighted by molar-refractivity contribution is -0.00965. The third-order valence-corrected chi connectivity index (χ3v) is 11.2. The Hall–Kier alpha value is -1.27. The van der Waals surface area contributed by atoms with Gasteiger partial charge in [0.15, 0.2) is 5.78 Å². The van der Waals surface area contributed by atoms with Crippen molar-refractivity contribution in [2.45, 2.75) is 12.5 Å². The number of rotatable bonds is 7. The van der Waals surface area contributed by atoms with Crippen molar-refractivity contribution in [1.82, 2.24) is 10.0 Å². The van der Waals surface area contributed by atoms with Crippen molar-refractivity contribution in [2.75, 3.05) is 5.88 Å². The smallest absolute Gasteiger partial charge is 0.282 e. The Kier molecular flexibility index (Phi) is 9.44. The Morgan fingerprint density at radius 2 is 1.16 bits per heavy atom. The van der Waals surface area contributed by atoms with E-state index >= 15 is 0 Å². The fourth-order valence-electron chi connectivity index (χ4n) is 3.90. The first-order valence-electron chi connectivity index (χ1n) is 10.7. The van der Waals surface area contributed by atoms with E-state index in [-0.39, 0.29) is 34.6 Å². The Morgan fingerprint density at radius 1 is 0.737 bits per heavy atom. The van der Waals surface area contributed by atoms with Gasteiger partial charge in [0.05, 0.1) is 11.1 Å². The second kappa shape index (κ2) is 12.1. The van der Waals surface area contributed by atoms with Crippen LogP contribution in [0, 0.1) is 0 Å². The molecule has 1 aliphatic heterocycles. The molecule has 0 saturated heterocycles. The van der Waals surface area contributed by atoms with Crippen LogP contribution < -0.4 is 0 Å². The van der Waals surface area contributed by atoms with Gasteiger partial charge < -0.3 is 0 Å². The molecule has 0 fully saturated rings. The first kappa shape index (κ1) is 29.7. The van der Waals surface area contributed by atoms with Crippen LogP contribution in [0.25, 0.3) is 0 Å². The normalized spacial score (nSPS) is 13.5. The van der Waals surface area contributed by atoms with E-state index in [0.717, 1.165) is 5.01 Å². The number of nitrogens with zero attached hydrogens (tertiary/aromatic N) is 2. The van der Waals surface area contributed by atoms with Crippen molar-refractivity contribution in [3.63, 3.8) is 0 Å². The summed E-state index contributed by atoms with van der Waals surface area (Å²) in [6.07, 6.45) is -0.0501. The number of carbonyl (C=O) groups excluding carboxylic acids is 4. The van der Waals surface area contributed by atoms with Crippen LogP contribution in [0.1, 0.15) is 47.9 Å². The number of Topliss-reactive ketones (excluding diaryl/α,β-unsaturated/α-hetero) is 1. The van der Waals surface area contributed by atoms with E-state index in [1.54, 1.807) is 0 Å². The zero-order valence-corrected chi connectivity index (χ0v) is 27.4. The molecular weight excluding hydrogens is 818 g/mol. The van der Waals surface area contributed by atoms with Gasteiger partial charge in [-0.3, -0.25) is 19.2 Å². The molecule has 1 aliphatic rings. The number of hydrogen-bond acceptors (Lipinski definition) is 4. The summed E-state index contributed by atoms with van der Waals surface area (Å²) in [6.45, 7) is 0. The Bertz CT molecular complexity index is 1440. The Balaban J connectivity index is 1.92. The monoisotopic (exact) mass is 826 g/mol. The quantitative estimate of drug-likeness (QED) is 0.0787. The molecule has 13 heteroatoms. The van der Waals surface area contributed by atoms with Gasteiger partial charge in [-0.1, -0.05) is 23.2 Å². The highest BCUT2D eigenvalue weighted by molar-refractivity contribution is 9.15. The molecule has 3 aromatic carbocycles. The lowest BCUT2D eigenvalue weighted by Crippen LogP contribution is -2.57. The number of fused-ring (bicyclic) bond motifs is 1. The summed E-state index contributed by atoms with van der Waals surface area (Å²) in [6, 6.07) is 10.6. The van der Waals surface area contributed by atoms with Crippen LogP contribution in [0.5, 0.6) is 0 Å². The standard InChI is InChI=1S/C25H13Br4Cl3N2O4/c26-18-16-17(19(27)21(29)20(18)28)25(38)34(24(16)37)33(23(36)12-3-7-14(32)8-4-12)15(9-10-30)22(35)11-1-5-13(31)6-2-11/h1-8,15H,9-10H2/t15-/m1/s1. The van der Waals surface area contributed by atoms with Crippen LogP contribution >= 0.6 is 98.5 Å². The van der Waals surface area contributed by atoms with Crippen molar-refractivity contribution in [2.24, 2.45) is 0 Å². The van der Waals surface area contributed by atoms with Gasteiger partial charge >= 0.3 is 0 Å². The molecule has 0 N–H and O–H groups in total. The summed E-state index contributed by atoms with van der Waals surface area (Å²) in [5, 5.41) is 2.37. The van der Waals surface area contributed by atoms with E-state index in [2.05, 4.69) is 63.7 Å². The maximum absolute atomic E-state index is 14.0. The Morgan fingerprint density at radius 3 is 1.58 bits per heavy atom. The van der Waals surface area contributed by atoms with Crippen LogP contribution in [0.2, 0.25) is 10.0 Å². The van der Waals surface area contributed by atoms with Gasteiger partial charge in [-0.15, -0.1) is 11.6 Å². The summed E-state index contributed by atoms with van der Waals surface area (Å²) in [4.78, 5) is 55.4. The van der Waals surface area contributed by atoms with Gasteiger partial charge in [-0.25, -0.2) is 5.01 Å². The highest BCUT2D eigenvalue weighted by atomic mass is 79.9. The molecule has 6 nitrogen and oxygen atoms in total. The first-order chi connectivity index (χ1) is 18.0. The number of amides is 3. The summed E-state index contributed by atoms with van der Waals surface area (Å²) in [5.74, 6) is -2.92. The van der Waals surface area contributed by atoms with Crippen LogP contribution in [0.3, 0.4) is 0 Å². The lowest BCUT2D eigenvalue weighted by Gasteiger charge is -2.36. The minimum Gasteiger partial charge on any atom is -0.292 e. The van der Waals surface area contributed by atoms with E-state index in [4.69, 9.17) is 34.8 Å². The zero-order valence-electron chi connectivity index (χ0n) is 18.8. The average Bonchev–Trinajstić information content (AvgIpc) is 3.16. The van der Waals surface area contributed by atoms with Gasteiger partial charge in [-0.05, 0) is 119 Å². The minimum atomic E-state index is -1.30. The van der Waals surface area contributed by atoms with Crippen LogP contribution in [0.4, 0.5) is 0 Å². The molecule has 0 radical (unpaired) electrons. The first-order valence-corrected chi connectivity index (χ1v) is 15.1. The summed E-state index contributed by atoms with van der Waals surface area (Å²) in [7, 11) is 0. The molecule has 196 valence electrons. The van der Waals surface area contributed by atoms with Crippen molar-refractivity contribution < 1.29 is 19.2 Å². The molecular formula is C25H13Br4Cl3N2O4. The molecule has 0 aliphatic carbocycles. The number of imide groups is 1. The van der Waals surface area contributed by atoms with Gasteiger partial charge in [0.25, 0.3) is 17.7 Å². The maximum Gasteiger partial charge on any atom is 0.282 e. The molecule has 0 unspecified atom stereocenters. The van der Waals surface area contributed by atoms with Crippen molar-refractivity contribution in [3.05, 3.63) is 98.7 Å². The lowest BCUT2D eigenvalue weighted by atomic mass is 10.0. The summed E-state index contributed by atoms with van der Waals surface area (Å²) < 4.78 is 1.58. The fraction of sp³-hybridized carbons (Fsp3) is 0.120. The highest BCUT2D eigenvalue weighted by Crippen LogP contribution is 2.46. The molecule has 0 spiro atoms. The third kappa shape index (κ3) is 5.38. The second-order valence-corrected chi connectivity index (χ2v) is 12.4. The highest BCUT2D eigenvalue weighted by Gasteiger charge is 2.48. The summed E-state index contributed by atoms with van der Waals surface area (Å²) in [5.41, 5.74) is 0.377. The topological polar surface area (TPSA) is 74.8 Å². The molecule has 0 saturated carbocycles. The van der Waals surface area contributed by atoms with E-state index < -0.39 is 29.5 Å². The molecule has 1 heterocycles. The molecule has 3 amide bonds. The van der Waals surface area contributed by atoms with Gasteiger partial charge in [0.2, 0.25) is 0 Å². The van der Waals surface area contributed by atoms with E-state index in [0.29, 0.717) is 32.9 Å². The number of carbonyl (C=O) groups is 4. The van der Waals surface area contributed by atoms with Gasteiger partial charge in [-0.2, -0.15) is 5.01 Å². The van der Waals surface area contributed by atoms with Gasteiger partial charge in [0, 0.05) is 44.9 Å². The van der Waals surface area contributed by atoms with Crippen molar-refractivity contribution in [3.8, 4) is 0 Å². The largest absolute Gasteiger partial charge is 0.292 e. The van der Waals surface area contributed by atoms with Crippen molar-refractivity contribution in [1.29, 1.82) is 0 Å². The molecule has 4 rings (SSSR count). The molecule has 0 bridgehead atoms. The van der Waals surface area contributed by atoms with Crippen LogP contribution in [0.15, 0.2) is 66.4 Å². The predicted octanol–water partition coefficient (Wildman–Crippen LogP) is 8.58. The molecule has 0 aromatic heterocycles. The SMILES string of the molecule is O=C(c1ccc(Cl)cc1)[C@@H](CCCl)N(C(=O)c1ccc(Cl)cc1)N1C(=O)c2c(Br)c(Br)c(Br)c(Br)c2C1=O. The third-order valence-electron chi connectivity index (χ3n) is 5.70. The minimum absolute atomic E-state index is 0.0226. The van der Waals surface area contributed by atoms with Crippen molar-refractivity contribution >= 4 is 122 Å². The van der Waals surface area contributed by atoms with Gasteiger partial charge in [0.1, 0.15) is 6.04 Å². The average molecular weight is 831 g/mol. The zero-order chi connectivity index (χ0) is 27.9. The van der Waals surface area contributed by atoms with Crippen LogP contribution in [-0.2, 0) is 0 Å². The molecule has 3 aromatic rings. The summed E-state index contributed by atoms with van der Waals surface area (Å²) >= 11 is 31.6. The molecule has 38 heavy (non-hydrogen) atoms. The molecule has 1 atom stereocenters. The van der Waals surface area contributed by atoms with Crippen LogP contribution in [-0.4, -0.2) is 45.4 Å². The van der Waals surface area contributed by atoms with E-state index in [1.807, 2.05) is 0 Å². The number of alkyl halides is 1. The second-order valence-electron chi connectivity index (χ2n) is 7.95. The number of hydrogen-bond donors (Lipinski definition) is 0. The van der Waals surface area contributed by atoms with E-state index in [1.165, 1.54) is 48.5 Å².